The van der Waals surface area contributed by atoms with Gasteiger partial charge in [-0.2, -0.15) is 23.2 Å². The summed E-state index contributed by atoms with van der Waals surface area (Å²) >= 11 is 12.5. The fourth-order valence-corrected chi connectivity index (χ4v) is 4.57. The minimum absolute atomic E-state index is 0.0365. The van der Waals surface area contributed by atoms with Crippen LogP contribution in [0.3, 0.4) is 0 Å². The van der Waals surface area contributed by atoms with E-state index in [2.05, 4.69) is 25.9 Å². The van der Waals surface area contributed by atoms with Crippen LogP contribution in [-0.4, -0.2) is 32.6 Å². The molecule has 9 nitrogen and oxygen atoms in total. The molecule has 1 aliphatic carbocycles. The summed E-state index contributed by atoms with van der Waals surface area (Å²) < 4.78 is 41.2. The second-order valence-electron chi connectivity index (χ2n) is 8.56. The number of halogens is 5. The van der Waals surface area contributed by atoms with E-state index in [9.17, 15) is 27.7 Å². The maximum absolute atomic E-state index is 13.5. The van der Waals surface area contributed by atoms with E-state index >= 15 is 0 Å². The molecule has 1 aromatic carbocycles. The summed E-state index contributed by atoms with van der Waals surface area (Å²) in [5.74, 6) is -1.91. The third-order valence-corrected chi connectivity index (χ3v) is 6.20. The molecular formula is C23H19Cl2F3N6O3. The van der Waals surface area contributed by atoms with E-state index in [0.29, 0.717) is 34.7 Å². The zero-order valence-corrected chi connectivity index (χ0v) is 20.9. The average molecular weight is 555 g/mol. The van der Waals surface area contributed by atoms with E-state index in [4.69, 9.17) is 23.2 Å². The Morgan fingerprint density at radius 2 is 1.92 bits per heavy atom. The Balaban J connectivity index is 1.86. The van der Waals surface area contributed by atoms with Gasteiger partial charge >= 0.3 is 6.18 Å². The minimum Gasteiger partial charge on any atom is -0.350 e. The molecule has 0 aliphatic heterocycles. The van der Waals surface area contributed by atoms with Crippen molar-refractivity contribution in [2.24, 2.45) is 5.18 Å². The number of hydrogen-bond acceptors (Lipinski definition) is 6. The average Bonchev–Trinajstić information content (AvgIpc) is 3.43. The van der Waals surface area contributed by atoms with Gasteiger partial charge in [-0.05, 0) is 56.0 Å². The van der Waals surface area contributed by atoms with Gasteiger partial charge in [0, 0.05) is 18.3 Å². The first-order valence-corrected chi connectivity index (χ1v) is 11.8. The van der Waals surface area contributed by atoms with Crippen LogP contribution in [0.2, 0.25) is 10.0 Å². The Kier molecular flexibility index (Phi) is 7.24. The number of nitrogens with zero attached hydrogens (tertiary/aromatic N) is 4. The van der Waals surface area contributed by atoms with Gasteiger partial charge in [-0.1, -0.05) is 28.4 Å². The molecule has 194 valence electrons. The normalized spacial score (nSPS) is 15.0. The van der Waals surface area contributed by atoms with Crippen LogP contribution in [0.1, 0.15) is 64.0 Å². The first-order chi connectivity index (χ1) is 17.4. The van der Waals surface area contributed by atoms with Crippen molar-refractivity contribution >= 4 is 40.7 Å². The quantitative estimate of drug-likeness (QED) is 0.377. The van der Waals surface area contributed by atoms with Gasteiger partial charge in [0.05, 0.1) is 21.3 Å². The topological polar surface area (TPSA) is 118 Å². The summed E-state index contributed by atoms with van der Waals surface area (Å²) in [7, 11) is 0. The smallest absolute Gasteiger partial charge is 0.350 e. The summed E-state index contributed by atoms with van der Waals surface area (Å²) in [4.78, 5) is 42.0. The predicted octanol–water partition coefficient (Wildman–Crippen LogP) is 5.74. The van der Waals surface area contributed by atoms with Gasteiger partial charge < -0.3 is 10.6 Å². The van der Waals surface area contributed by atoms with Crippen LogP contribution in [0.4, 0.5) is 18.9 Å². The van der Waals surface area contributed by atoms with Gasteiger partial charge in [-0.15, -0.1) is 0 Å². The lowest BCUT2D eigenvalue weighted by atomic mass is 9.97. The van der Waals surface area contributed by atoms with Gasteiger partial charge in [0.15, 0.2) is 11.5 Å². The first-order valence-electron chi connectivity index (χ1n) is 11.0. The van der Waals surface area contributed by atoms with Crippen LogP contribution in [0.15, 0.2) is 35.6 Å². The SMILES string of the molecule is CC(C)NC(=O)c1c(NC(=O)c2cc(C(F)(F)F)nn2-c2ncccc2Cl)c(Cl)cc2c1C(N=O)CC2. The number of amides is 2. The monoisotopic (exact) mass is 554 g/mol. The molecule has 3 aromatic rings. The Morgan fingerprint density at radius 3 is 2.54 bits per heavy atom. The van der Waals surface area contributed by atoms with Crippen molar-refractivity contribution in [3.63, 3.8) is 0 Å². The summed E-state index contributed by atoms with van der Waals surface area (Å²) in [6.07, 6.45) is -2.83. The molecule has 14 heteroatoms. The van der Waals surface area contributed by atoms with Crippen LogP contribution in [-0.2, 0) is 12.6 Å². The van der Waals surface area contributed by atoms with Crippen LogP contribution in [0.5, 0.6) is 0 Å². The molecule has 1 unspecified atom stereocenters. The predicted molar refractivity (Wildman–Crippen MR) is 130 cm³/mol. The van der Waals surface area contributed by atoms with Crippen molar-refractivity contribution in [1.29, 1.82) is 0 Å². The van der Waals surface area contributed by atoms with Crippen LogP contribution in [0.25, 0.3) is 5.82 Å². The highest BCUT2D eigenvalue weighted by molar-refractivity contribution is 6.35. The summed E-state index contributed by atoms with van der Waals surface area (Å²) in [5.41, 5.74) is -1.25. The molecule has 0 saturated carbocycles. The number of nitroso groups, excluding NO2 is 1. The van der Waals surface area contributed by atoms with E-state index in [1.807, 2.05) is 0 Å². The number of nitrogens with one attached hydrogen (secondary N) is 2. The third kappa shape index (κ3) is 5.16. The Morgan fingerprint density at radius 1 is 1.19 bits per heavy atom. The lowest BCUT2D eigenvalue weighted by molar-refractivity contribution is -0.141. The number of benzene rings is 1. The Bertz CT molecular complexity index is 1410. The van der Waals surface area contributed by atoms with Crippen molar-refractivity contribution in [3.8, 4) is 5.82 Å². The Hall–Kier alpha value is -3.51. The van der Waals surface area contributed by atoms with E-state index < -0.39 is 35.4 Å². The number of alkyl halides is 3. The number of rotatable bonds is 6. The van der Waals surface area contributed by atoms with Crippen molar-refractivity contribution in [2.75, 3.05) is 5.32 Å². The molecule has 1 aliphatic rings. The molecule has 4 rings (SSSR count). The summed E-state index contributed by atoms with van der Waals surface area (Å²) in [5, 5.41) is 11.6. The molecule has 0 radical (unpaired) electrons. The molecule has 0 bridgehead atoms. The largest absolute Gasteiger partial charge is 0.435 e. The number of carbonyl (C=O) groups excluding carboxylic acids is 2. The molecule has 0 saturated heterocycles. The summed E-state index contributed by atoms with van der Waals surface area (Å²) in [6.45, 7) is 3.43. The summed E-state index contributed by atoms with van der Waals surface area (Å²) in [6, 6.07) is 3.70. The van der Waals surface area contributed by atoms with Crippen LogP contribution < -0.4 is 10.6 Å². The fraction of sp³-hybridized carbons (Fsp3) is 0.304. The number of fused-ring (bicyclic) bond motifs is 1. The zero-order chi connectivity index (χ0) is 27.1. The number of anilines is 1. The van der Waals surface area contributed by atoms with Gasteiger partial charge in [0.2, 0.25) is 0 Å². The van der Waals surface area contributed by atoms with Crippen LogP contribution >= 0.6 is 23.2 Å². The molecule has 37 heavy (non-hydrogen) atoms. The molecule has 2 heterocycles. The molecule has 2 N–H and O–H groups in total. The second-order valence-corrected chi connectivity index (χ2v) is 9.37. The molecule has 0 fully saturated rings. The number of pyridine rings is 1. The van der Waals surface area contributed by atoms with E-state index in [1.54, 1.807) is 13.8 Å². The third-order valence-electron chi connectivity index (χ3n) is 5.61. The van der Waals surface area contributed by atoms with Crippen molar-refractivity contribution < 1.29 is 22.8 Å². The molecule has 1 atom stereocenters. The molecular weight excluding hydrogens is 536 g/mol. The number of aryl methyl sites for hydroxylation is 1. The highest BCUT2D eigenvalue weighted by atomic mass is 35.5. The lowest BCUT2D eigenvalue weighted by Crippen LogP contribution is -2.32. The first kappa shape index (κ1) is 26.6. The molecule has 2 aromatic heterocycles. The number of aromatic nitrogens is 3. The van der Waals surface area contributed by atoms with Gasteiger partial charge in [-0.25, -0.2) is 9.67 Å². The fourth-order valence-electron chi connectivity index (χ4n) is 4.09. The van der Waals surface area contributed by atoms with Crippen molar-refractivity contribution in [1.82, 2.24) is 20.1 Å². The lowest BCUT2D eigenvalue weighted by Gasteiger charge is -2.19. The van der Waals surface area contributed by atoms with E-state index in [1.165, 1.54) is 24.4 Å². The maximum atomic E-state index is 13.5. The number of carbonyl (C=O) groups is 2. The van der Waals surface area contributed by atoms with E-state index in [-0.39, 0.29) is 33.2 Å². The van der Waals surface area contributed by atoms with E-state index in [0.717, 1.165) is 0 Å². The Labute approximate surface area is 218 Å². The highest BCUT2D eigenvalue weighted by Gasteiger charge is 2.38. The minimum atomic E-state index is -4.88. The maximum Gasteiger partial charge on any atom is 0.435 e. The second kappa shape index (κ2) is 10.1. The zero-order valence-electron chi connectivity index (χ0n) is 19.4. The molecule has 2 amide bonds. The van der Waals surface area contributed by atoms with Gasteiger partial charge in [0.25, 0.3) is 11.8 Å². The standard InChI is InChI=1S/C23H19Cl2F3N6O3/c1-10(2)30-22(36)18-17-11(5-6-14(17)33-37)8-13(25)19(18)31-21(35)15-9-16(23(26,27)28)32-34(15)20-12(24)4-3-7-29-20/h3-4,7-10,14H,5-6H2,1-2H3,(H,30,36)(H,31,35). The molecule has 0 spiro atoms. The van der Waals surface area contributed by atoms with Crippen molar-refractivity contribution in [2.45, 2.75) is 44.9 Å². The number of hydrogen-bond donors (Lipinski definition) is 2. The van der Waals surface area contributed by atoms with Crippen LogP contribution in [0, 0.1) is 4.91 Å². The van der Waals surface area contributed by atoms with Crippen molar-refractivity contribution in [3.05, 3.63) is 73.5 Å². The van der Waals surface area contributed by atoms with Gasteiger partial charge in [0.1, 0.15) is 11.7 Å². The highest BCUT2D eigenvalue weighted by Crippen LogP contribution is 2.43. The van der Waals surface area contributed by atoms with Gasteiger partial charge in [-0.3, -0.25) is 9.59 Å².